The van der Waals surface area contributed by atoms with Crippen molar-refractivity contribution in [2.75, 3.05) is 6.54 Å². The van der Waals surface area contributed by atoms with Crippen LogP contribution in [0.25, 0.3) is 0 Å². The third-order valence-electron chi connectivity index (χ3n) is 4.88. The van der Waals surface area contributed by atoms with E-state index in [1.807, 2.05) is 0 Å². The van der Waals surface area contributed by atoms with Crippen molar-refractivity contribution in [2.45, 2.75) is 24.7 Å². The molecule has 2 N–H and O–H groups in total. The minimum atomic E-state index is -0.0594. The van der Waals surface area contributed by atoms with Crippen molar-refractivity contribution in [3.8, 4) is 0 Å². The maximum absolute atomic E-state index is 11.9. The van der Waals surface area contributed by atoms with Crippen LogP contribution in [-0.2, 0) is 11.8 Å². The maximum Gasteiger partial charge on any atom is 0.269 e. The largest absolute Gasteiger partial charge is 0.350 e. The highest BCUT2D eigenvalue weighted by Crippen LogP contribution is 2.61. The van der Waals surface area contributed by atoms with E-state index in [9.17, 15) is 4.79 Å². The minimum Gasteiger partial charge on any atom is -0.350 e. The zero-order valence-corrected chi connectivity index (χ0v) is 11.2. The Morgan fingerprint density at radius 3 is 3.15 bits per heavy atom. The van der Waals surface area contributed by atoms with E-state index in [2.05, 4.69) is 39.8 Å². The van der Waals surface area contributed by atoms with Crippen molar-refractivity contribution < 1.29 is 4.79 Å². The molecule has 4 rings (SSSR count). The quantitative estimate of drug-likeness (QED) is 0.894. The molecule has 2 aliphatic carbocycles. The number of amides is 1. The van der Waals surface area contributed by atoms with E-state index in [1.165, 1.54) is 30.4 Å². The van der Waals surface area contributed by atoms with Gasteiger partial charge in [-0.1, -0.05) is 24.3 Å². The molecule has 1 spiro atoms. The summed E-state index contributed by atoms with van der Waals surface area (Å²) in [6.07, 6.45) is 5.21. The van der Waals surface area contributed by atoms with Crippen LogP contribution < -0.4 is 5.32 Å². The summed E-state index contributed by atoms with van der Waals surface area (Å²) in [5.74, 6) is 0.522. The van der Waals surface area contributed by atoms with E-state index < -0.39 is 0 Å². The monoisotopic (exact) mass is 267 g/mol. The van der Waals surface area contributed by atoms with Gasteiger partial charge in [0.1, 0.15) is 5.69 Å². The summed E-state index contributed by atoms with van der Waals surface area (Å²) < 4.78 is 0. The highest BCUT2D eigenvalue weighted by molar-refractivity contribution is 5.92. The second-order valence-electron chi connectivity index (χ2n) is 5.89. The number of nitrogens with one attached hydrogen (secondary N) is 2. The zero-order chi connectivity index (χ0) is 13.6. The second kappa shape index (κ2) is 4.20. The van der Waals surface area contributed by atoms with Crippen LogP contribution in [-0.4, -0.2) is 22.6 Å². The second-order valence-corrected chi connectivity index (χ2v) is 5.89. The molecule has 0 unspecified atom stereocenters. The first-order valence-corrected chi connectivity index (χ1v) is 7.15. The summed E-state index contributed by atoms with van der Waals surface area (Å²) >= 11 is 0. The lowest BCUT2D eigenvalue weighted by molar-refractivity contribution is 0.0946. The molecule has 0 radical (unpaired) electrons. The van der Waals surface area contributed by atoms with Gasteiger partial charge in [-0.25, -0.2) is 0 Å². The number of carbonyl (C=O) groups excluding carboxylic acids is 1. The number of rotatable bonds is 3. The van der Waals surface area contributed by atoms with Crippen LogP contribution in [0.1, 0.15) is 34.5 Å². The van der Waals surface area contributed by atoms with Crippen molar-refractivity contribution in [3.63, 3.8) is 0 Å². The normalized spacial score (nSPS) is 26.5. The van der Waals surface area contributed by atoms with Crippen LogP contribution in [0, 0.1) is 5.92 Å². The predicted molar refractivity (Wildman–Crippen MR) is 75.5 cm³/mol. The van der Waals surface area contributed by atoms with E-state index in [0.29, 0.717) is 17.0 Å². The van der Waals surface area contributed by atoms with Gasteiger partial charge in [-0.15, -0.1) is 0 Å². The lowest BCUT2D eigenvalue weighted by atomic mass is 9.95. The molecule has 2 aromatic rings. The molecule has 0 bridgehead atoms. The molecule has 0 aliphatic heterocycles. The average Bonchev–Trinajstić information content (AvgIpc) is 2.83. The molecule has 102 valence electrons. The summed E-state index contributed by atoms with van der Waals surface area (Å²) in [5, 5.41) is 9.52. The van der Waals surface area contributed by atoms with Gasteiger partial charge >= 0.3 is 0 Å². The number of nitrogens with zero attached hydrogens (tertiary/aromatic N) is 1. The fraction of sp³-hybridized carbons (Fsp3) is 0.375. The first kappa shape index (κ1) is 11.7. The molecule has 1 amide bonds. The van der Waals surface area contributed by atoms with Crippen molar-refractivity contribution >= 4 is 5.91 Å². The first-order valence-electron chi connectivity index (χ1n) is 7.15. The number of carbonyl (C=O) groups is 1. The van der Waals surface area contributed by atoms with E-state index in [0.717, 1.165) is 6.54 Å². The molecule has 1 fully saturated rings. The number of fused-ring (bicyclic) bond motifs is 2. The van der Waals surface area contributed by atoms with Crippen molar-refractivity contribution in [2.24, 2.45) is 5.92 Å². The van der Waals surface area contributed by atoms with E-state index in [4.69, 9.17) is 0 Å². The zero-order valence-electron chi connectivity index (χ0n) is 11.2. The Morgan fingerprint density at radius 2 is 2.30 bits per heavy atom. The molecule has 1 aromatic heterocycles. The number of aromatic amines is 1. The minimum absolute atomic E-state index is 0.0594. The molecule has 2 atom stereocenters. The summed E-state index contributed by atoms with van der Waals surface area (Å²) in [5.41, 5.74) is 3.89. The molecule has 4 heteroatoms. The Labute approximate surface area is 117 Å². The van der Waals surface area contributed by atoms with Gasteiger partial charge in [-0.2, -0.15) is 5.10 Å². The number of hydrogen-bond acceptors (Lipinski definition) is 2. The molecule has 0 saturated heterocycles. The molecule has 4 nitrogen and oxygen atoms in total. The summed E-state index contributed by atoms with van der Waals surface area (Å²) in [7, 11) is 0. The van der Waals surface area contributed by atoms with E-state index >= 15 is 0 Å². The van der Waals surface area contributed by atoms with Crippen LogP contribution in [0.3, 0.4) is 0 Å². The highest BCUT2D eigenvalue weighted by atomic mass is 16.1. The number of hydrogen-bond donors (Lipinski definition) is 2. The Hall–Kier alpha value is -2.10. The van der Waals surface area contributed by atoms with Crippen LogP contribution >= 0.6 is 0 Å². The number of benzene rings is 1. The van der Waals surface area contributed by atoms with Gasteiger partial charge < -0.3 is 5.32 Å². The summed E-state index contributed by atoms with van der Waals surface area (Å²) in [4.78, 5) is 11.9. The third kappa shape index (κ3) is 1.68. The fourth-order valence-electron chi connectivity index (χ4n) is 3.69. The smallest absolute Gasteiger partial charge is 0.269 e. The van der Waals surface area contributed by atoms with Gasteiger partial charge in [0.2, 0.25) is 0 Å². The van der Waals surface area contributed by atoms with Crippen LogP contribution in [0.5, 0.6) is 0 Å². The van der Waals surface area contributed by atoms with E-state index in [1.54, 1.807) is 12.3 Å². The molecular formula is C16H17N3O. The Morgan fingerprint density at radius 1 is 1.40 bits per heavy atom. The third-order valence-corrected chi connectivity index (χ3v) is 4.88. The Kier molecular flexibility index (Phi) is 2.46. The topological polar surface area (TPSA) is 57.8 Å². The first-order chi connectivity index (χ1) is 9.79. The Balaban J connectivity index is 1.43. The van der Waals surface area contributed by atoms with Gasteiger partial charge in [0, 0.05) is 18.2 Å². The Bertz CT molecular complexity index is 650. The maximum atomic E-state index is 11.9. The number of aromatic nitrogens is 2. The van der Waals surface area contributed by atoms with E-state index in [-0.39, 0.29) is 5.91 Å². The molecule has 2 aliphatic rings. The summed E-state index contributed by atoms with van der Waals surface area (Å²) in [6, 6.07) is 10.4. The molecule has 20 heavy (non-hydrogen) atoms. The standard InChI is InChI=1S/C16H17N3O/c20-15(14-6-8-18-19-14)17-10-12-9-16(12)7-5-11-3-1-2-4-13(11)16/h1-4,6,8,12H,5,7,9-10H2,(H,17,20)(H,18,19)/t12-,16+/m0/s1. The lowest BCUT2D eigenvalue weighted by Crippen LogP contribution is -2.27. The average molecular weight is 267 g/mol. The molecule has 1 aromatic carbocycles. The van der Waals surface area contributed by atoms with Crippen LogP contribution in [0.15, 0.2) is 36.5 Å². The fourth-order valence-corrected chi connectivity index (χ4v) is 3.69. The van der Waals surface area contributed by atoms with Crippen LogP contribution in [0.4, 0.5) is 0 Å². The molecule has 1 saturated carbocycles. The number of aryl methyl sites for hydroxylation is 1. The molecular weight excluding hydrogens is 250 g/mol. The van der Waals surface area contributed by atoms with Crippen molar-refractivity contribution in [1.29, 1.82) is 0 Å². The van der Waals surface area contributed by atoms with Crippen molar-refractivity contribution in [1.82, 2.24) is 15.5 Å². The number of H-pyrrole nitrogens is 1. The SMILES string of the molecule is O=C(NC[C@@H]1C[C@]12CCc1ccccc12)c1ccn[nH]1. The van der Waals surface area contributed by atoms with Crippen LogP contribution in [0.2, 0.25) is 0 Å². The van der Waals surface area contributed by atoms with Gasteiger partial charge in [0.05, 0.1) is 0 Å². The van der Waals surface area contributed by atoms with Gasteiger partial charge in [-0.05, 0) is 42.4 Å². The van der Waals surface area contributed by atoms with Gasteiger partial charge in [-0.3, -0.25) is 9.89 Å². The molecule has 1 heterocycles. The predicted octanol–water partition coefficient (Wildman–Crippen LogP) is 2.04. The van der Waals surface area contributed by atoms with Gasteiger partial charge in [0.25, 0.3) is 5.91 Å². The highest BCUT2D eigenvalue weighted by Gasteiger charge is 2.57. The van der Waals surface area contributed by atoms with Crippen molar-refractivity contribution in [3.05, 3.63) is 53.3 Å². The lowest BCUT2D eigenvalue weighted by Gasteiger charge is -2.11. The summed E-state index contributed by atoms with van der Waals surface area (Å²) in [6.45, 7) is 0.756. The van der Waals surface area contributed by atoms with Gasteiger partial charge in [0.15, 0.2) is 0 Å².